The van der Waals surface area contributed by atoms with Gasteiger partial charge >= 0.3 is 6.03 Å². The van der Waals surface area contributed by atoms with Crippen molar-refractivity contribution in [2.24, 2.45) is 0 Å². The topological polar surface area (TPSA) is 44.8 Å². The van der Waals surface area contributed by atoms with Crippen LogP contribution in [0.3, 0.4) is 0 Å². The Morgan fingerprint density at radius 2 is 1.89 bits per heavy atom. The van der Waals surface area contributed by atoms with Crippen LogP contribution < -0.4 is 5.32 Å². The van der Waals surface area contributed by atoms with Crippen LogP contribution in [0.15, 0.2) is 0 Å². The van der Waals surface area contributed by atoms with E-state index in [2.05, 4.69) is 17.3 Å². The highest BCUT2D eigenvalue weighted by molar-refractivity contribution is 5.74. The smallest absolute Gasteiger partial charge is 0.317 e. The number of urea groups is 1. The molecule has 0 aromatic heterocycles. The monoisotopic (exact) mass is 269 g/mol. The molecule has 5 heteroatoms. The normalized spacial score (nSPS) is 26.1. The van der Waals surface area contributed by atoms with Crippen LogP contribution in [-0.2, 0) is 4.74 Å². The van der Waals surface area contributed by atoms with Crippen LogP contribution in [0.25, 0.3) is 0 Å². The fraction of sp³-hybridized carbons (Fsp3) is 0.929. The minimum atomic E-state index is 0.0874. The Kier molecular flexibility index (Phi) is 5.05. The van der Waals surface area contributed by atoms with Crippen LogP contribution in [0.1, 0.15) is 33.1 Å². The molecule has 0 bridgehead atoms. The van der Waals surface area contributed by atoms with Crippen molar-refractivity contribution in [3.8, 4) is 0 Å². The van der Waals surface area contributed by atoms with Crippen LogP contribution in [0.2, 0.25) is 0 Å². The molecule has 2 fully saturated rings. The molecule has 19 heavy (non-hydrogen) atoms. The van der Waals surface area contributed by atoms with Gasteiger partial charge in [0.2, 0.25) is 0 Å². The van der Waals surface area contributed by atoms with Gasteiger partial charge in [-0.15, -0.1) is 0 Å². The van der Waals surface area contributed by atoms with E-state index in [-0.39, 0.29) is 18.2 Å². The molecule has 2 rings (SSSR count). The van der Waals surface area contributed by atoms with Gasteiger partial charge in [0, 0.05) is 19.1 Å². The van der Waals surface area contributed by atoms with Crippen molar-refractivity contribution in [1.29, 1.82) is 0 Å². The highest BCUT2D eigenvalue weighted by atomic mass is 16.5. The summed E-state index contributed by atoms with van der Waals surface area (Å²) < 4.78 is 5.77. The van der Waals surface area contributed by atoms with Gasteiger partial charge in [0.05, 0.1) is 12.2 Å². The summed E-state index contributed by atoms with van der Waals surface area (Å²) in [6.45, 7) is 7.78. The summed E-state index contributed by atoms with van der Waals surface area (Å²) in [4.78, 5) is 16.4. The fourth-order valence-electron chi connectivity index (χ4n) is 2.83. The predicted molar refractivity (Wildman–Crippen MR) is 75.2 cm³/mol. The molecule has 0 saturated carbocycles. The molecule has 2 aliphatic rings. The zero-order valence-corrected chi connectivity index (χ0v) is 12.4. The van der Waals surface area contributed by atoms with Gasteiger partial charge in [0.1, 0.15) is 0 Å². The number of likely N-dealkylation sites (tertiary alicyclic amines) is 2. The number of ether oxygens (including phenoxy) is 1. The van der Waals surface area contributed by atoms with Gasteiger partial charge in [-0.05, 0) is 53.2 Å². The first-order chi connectivity index (χ1) is 9.04. The largest absolute Gasteiger partial charge is 0.374 e. The van der Waals surface area contributed by atoms with Crippen molar-refractivity contribution < 1.29 is 9.53 Å². The van der Waals surface area contributed by atoms with Gasteiger partial charge in [0.15, 0.2) is 0 Å². The molecule has 2 heterocycles. The highest BCUT2D eigenvalue weighted by Crippen LogP contribution is 2.15. The third-order valence-corrected chi connectivity index (χ3v) is 3.94. The number of amides is 2. The zero-order chi connectivity index (χ0) is 13.8. The molecular weight excluding hydrogens is 242 g/mol. The quantitative estimate of drug-likeness (QED) is 0.839. The van der Waals surface area contributed by atoms with E-state index in [1.807, 2.05) is 18.7 Å². The molecular formula is C14H27N3O2. The number of hydrogen-bond donors (Lipinski definition) is 1. The van der Waals surface area contributed by atoms with Gasteiger partial charge in [-0.3, -0.25) is 0 Å². The lowest BCUT2D eigenvalue weighted by Gasteiger charge is -2.30. The fourth-order valence-corrected chi connectivity index (χ4v) is 2.83. The first kappa shape index (κ1) is 14.6. The number of nitrogens with one attached hydrogen (secondary N) is 1. The van der Waals surface area contributed by atoms with Gasteiger partial charge in [-0.25, -0.2) is 4.79 Å². The summed E-state index contributed by atoms with van der Waals surface area (Å²) in [6, 6.07) is 0.429. The Labute approximate surface area is 116 Å². The van der Waals surface area contributed by atoms with Gasteiger partial charge in [-0.1, -0.05) is 0 Å². The molecule has 1 atom stereocenters. The molecule has 0 aliphatic carbocycles. The van der Waals surface area contributed by atoms with Crippen molar-refractivity contribution in [1.82, 2.24) is 15.1 Å². The first-order valence-electron chi connectivity index (χ1n) is 7.44. The van der Waals surface area contributed by atoms with Crippen LogP contribution >= 0.6 is 0 Å². The number of nitrogens with zero attached hydrogens (tertiary/aromatic N) is 2. The third kappa shape index (κ3) is 4.35. The maximum Gasteiger partial charge on any atom is 0.317 e. The lowest BCUT2D eigenvalue weighted by Crippen LogP contribution is -2.48. The minimum absolute atomic E-state index is 0.0874. The molecule has 0 aromatic carbocycles. The van der Waals surface area contributed by atoms with E-state index in [1.54, 1.807) is 0 Å². The summed E-state index contributed by atoms with van der Waals surface area (Å²) >= 11 is 0. The summed E-state index contributed by atoms with van der Waals surface area (Å²) in [7, 11) is 2.13. The minimum Gasteiger partial charge on any atom is -0.374 e. The number of carbonyl (C=O) groups excluding carboxylic acids is 1. The standard InChI is InChI=1S/C14H27N3O2/c1-11(2)19-13-6-9-17(10-13)14(18)15-12-4-7-16(3)8-5-12/h11-13H,4-10H2,1-3H3,(H,15,18). The molecule has 1 unspecified atom stereocenters. The second-order valence-corrected chi connectivity index (χ2v) is 6.07. The van der Waals surface area contributed by atoms with Crippen LogP contribution in [0.4, 0.5) is 4.79 Å². The molecule has 0 aromatic rings. The molecule has 5 nitrogen and oxygen atoms in total. The van der Waals surface area contributed by atoms with Crippen molar-refractivity contribution in [3.05, 3.63) is 0 Å². The lowest BCUT2D eigenvalue weighted by atomic mass is 10.1. The van der Waals surface area contributed by atoms with E-state index in [0.717, 1.165) is 45.4 Å². The van der Waals surface area contributed by atoms with Gasteiger partial charge in [0.25, 0.3) is 0 Å². The number of rotatable bonds is 3. The first-order valence-corrected chi connectivity index (χ1v) is 7.44. The van der Waals surface area contributed by atoms with Crippen LogP contribution in [-0.4, -0.2) is 67.3 Å². The van der Waals surface area contributed by atoms with E-state index in [1.165, 1.54) is 0 Å². The SMILES string of the molecule is CC(C)OC1CCN(C(=O)NC2CCN(C)CC2)C1. The molecule has 2 saturated heterocycles. The Bertz CT molecular complexity index is 301. The van der Waals surface area contributed by atoms with Gasteiger partial charge in [-0.2, -0.15) is 0 Å². The van der Waals surface area contributed by atoms with Gasteiger partial charge < -0.3 is 19.9 Å². The van der Waals surface area contributed by atoms with Crippen LogP contribution in [0.5, 0.6) is 0 Å². The van der Waals surface area contributed by atoms with Crippen molar-refractivity contribution in [2.45, 2.75) is 51.4 Å². The number of hydrogen-bond acceptors (Lipinski definition) is 3. The average molecular weight is 269 g/mol. The third-order valence-electron chi connectivity index (χ3n) is 3.94. The molecule has 2 amide bonds. The van der Waals surface area contributed by atoms with E-state index in [4.69, 9.17) is 4.74 Å². The van der Waals surface area contributed by atoms with Crippen LogP contribution in [0, 0.1) is 0 Å². The number of piperidine rings is 1. The molecule has 1 N–H and O–H groups in total. The zero-order valence-electron chi connectivity index (χ0n) is 12.4. The second-order valence-electron chi connectivity index (χ2n) is 6.07. The summed E-state index contributed by atoms with van der Waals surface area (Å²) in [5, 5.41) is 3.16. The van der Waals surface area contributed by atoms with Crippen molar-refractivity contribution in [3.63, 3.8) is 0 Å². The molecule has 2 aliphatic heterocycles. The predicted octanol–water partition coefficient (Wildman–Crippen LogP) is 1.29. The summed E-state index contributed by atoms with van der Waals surface area (Å²) in [5.74, 6) is 0. The average Bonchev–Trinajstić information content (AvgIpc) is 2.80. The maximum atomic E-state index is 12.2. The Morgan fingerprint density at radius 3 is 2.53 bits per heavy atom. The summed E-state index contributed by atoms with van der Waals surface area (Å²) in [5.41, 5.74) is 0. The van der Waals surface area contributed by atoms with Crippen molar-refractivity contribution >= 4 is 6.03 Å². The highest BCUT2D eigenvalue weighted by Gasteiger charge is 2.29. The van der Waals surface area contributed by atoms with E-state index < -0.39 is 0 Å². The lowest BCUT2D eigenvalue weighted by molar-refractivity contribution is 0.0156. The maximum absolute atomic E-state index is 12.2. The number of carbonyl (C=O) groups is 1. The Morgan fingerprint density at radius 1 is 1.21 bits per heavy atom. The molecule has 0 radical (unpaired) electrons. The van der Waals surface area contributed by atoms with E-state index in [0.29, 0.717) is 6.04 Å². The second kappa shape index (κ2) is 6.57. The Hall–Kier alpha value is -0.810. The summed E-state index contributed by atoms with van der Waals surface area (Å²) in [6.07, 6.45) is 3.52. The Balaban J connectivity index is 1.72. The molecule has 110 valence electrons. The van der Waals surface area contributed by atoms with E-state index in [9.17, 15) is 4.79 Å². The van der Waals surface area contributed by atoms with Crippen molar-refractivity contribution in [2.75, 3.05) is 33.2 Å². The van der Waals surface area contributed by atoms with E-state index >= 15 is 0 Å². The molecule has 0 spiro atoms.